The van der Waals surface area contributed by atoms with Crippen molar-refractivity contribution in [3.8, 4) is 0 Å². The van der Waals surface area contributed by atoms with E-state index in [0.29, 0.717) is 23.7 Å². The van der Waals surface area contributed by atoms with Gasteiger partial charge in [-0.1, -0.05) is 13.8 Å². The monoisotopic (exact) mass is 322 g/mol. The van der Waals surface area contributed by atoms with Crippen molar-refractivity contribution in [2.75, 3.05) is 0 Å². The first-order chi connectivity index (χ1) is 10.7. The molecule has 4 aliphatic carbocycles. The minimum absolute atomic E-state index is 0.134. The third-order valence-corrected chi connectivity index (χ3v) is 9.13. The fourth-order valence-corrected chi connectivity index (χ4v) is 7.58. The van der Waals surface area contributed by atoms with Crippen molar-refractivity contribution in [1.29, 1.82) is 0 Å². The van der Waals surface area contributed by atoms with Gasteiger partial charge in [0.05, 0.1) is 17.8 Å². The van der Waals surface area contributed by atoms with Crippen LogP contribution in [0.15, 0.2) is 0 Å². The van der Waals surface area contributed by atoms with Crippen molar-refractivity contribution < 1.29 is 15.3 Å². The average Bonchev–Trinajstić information content (AvgIpc) is 2.69. The molecule has 0 radical (unpaired) electrons. The van der Waals surface area contributed by atoms with Crippen molar-refractivity contribution in [1.82, 2.24) is 0 Å². The van der Waals surface area contributed by atoms with Gasteiger partial charge in [0, 0.05) is 5.41 Å². The van der Waals surface area contributed by atoms with E-state index in [1.54, 1.807) is 0 Å². The number of hydrogen-bond acceptors (Lipinski definition) is 3. The van der Waals surface area contributed by atoms with Crippen molar-refractivity contribution in [2.45, 2.75) is 89.9 Å². The first-order valence-corrected chi connectivity index (χ1v) is 9.77. The van der Waals surface area contributed by atoms with Crippen LogP contribution in [0.5, 0.6) is 0 Å². The van der Waals surface area contributed by atoms with Crippen LogP contribution < -0.4 is 0 Å². The average molecular weight is 322 g/mol. The van der Waals surface area contributed by atoms with Gasteiger partial charge in [0.1, 0.15) is 0 Å². The summed E-state index contributed by atoms with van der Waals surface area (Å²) in [4.78, 5) is 0. The van der Waals surface area contributed by atoms with Gasteiger partial charge >= 0.3 is 0 Å². The fraction of sp³-hybridized carbons (Fsp3) is 1.00. The van der Waals surface area contributed by atoms with E-state index in [-0.39, 0.29) is 23.0 Å². The molecule has 0 aromatic rings. The predicted molar refractivity (Wildman–Crippen MR) is 89.7 cm³/mol. The summed E-state index contributed by atoms with van der Waals surface area (Å²) in [5.41, 5.74) is -0.591. The Bertz CT molecular complexity index is 489. The lowest BCUT2D eigenvalue weighted by molar-refractivity contribution is -0.197. The van der Waals surface area contributed by atoms with Gasteiger partial charge < -0.3 is 15.3 Å². The molecule has 0 aliphatic heterocycles. The van der Waals surface area contributed by atoms with Crippen LogP contribution in [0.2, 0.25) is 0 Å². The highest BCUT2D eigenvalue weighted by Crippen LogP contribution is 2.68. The SMILES string of the molecule is CC1(O)CC[C@H]2[C@@H]3CCC4CC(O)CC[C@]4(C)[C@H]3C(O)C[C@@]21C. The Hall–Kier alpha value is -0.120. The van der Waals surface area contributed by atoms with Gasteiger partial charge in [-0.05, 0) is 87.4 Å². The highest BCUT2D eigenvalue weighted by atomic mass is 16.3. The third kappa shape index (κ3) is 2.05. The molecule has 3 heteroatoms. The maximum Gasteiger partial charge on any atom is 0.0676 e. The molecule has 132 valence electrons. The van der Waals surface area contributed by atoms with Gasteiger partial charge in [-0.2, -0.15) is 0 Å². The molecule has 0 amide bonds. The van der Waals surface area contributed by atoms with Gasteiger partial charge in [-0.15, -0.1) is 0 Å². The Morgan fingerprint density at radius 1 is 0.913 bits per heavy atom. The smallest absolute Gasteiger partial charge is 0.0676 e. The van der Waals surface area contributed by atoms with E-state index in [1.807, 2.05) is 6.92 Å². The molecule has 0 bridgehead atoms. The number of aliphatic hydroxyl groups is 3. The van der Waals surface area contributed by atoms with Crippen molar-refractivity contribution in [2.24, 2.45) is 34.5 Å². The molecule has 0 aromatic heterocycles. The molecule has 4 rings (SSSR count). The topological polar surface area (TPSA) is 60.7 Å². The first kappa shape index (κ1) is 16.4. The second kappa shape index (κ2) is 4.95. The van der Waals surface area contributed by atoms with Crippen LogP contribution in [0.1, 0.15) is 72.1 Å². The van der Waals surface area contributed by atoms with E-state index in [0.717, 1.165) is 38.5 Å². The van der Waals surface area contributed by atoms with E-state index >= 15 is 0 Å². The number of hydrogen-bond donors (Lipinski definition) is 3. The van der Waals surface area contributed by atoms with E-state index in [2.05, 4.69) is 13.8 Å². The van der Waals surface area contributed by atoms with Crippen LogP contribution in [0.4, 0.5) is 0 Å². The van der Waals surface area contributed by atoms with Crippen molar-refractivity contribution in [3.63, 3.8) is 0 Å². The van der Waals surface area contributed by atoms with Crippen LogP contribution in [-0.4, -0.2) is 33.1 Å². The normalized spacial score (nSPS) is 62.3. The van der Waals surface area contributed by atoms with E-state index < -0.39 is 5.60 Å². The lowest BCUT2D eigenvalue weighted by Gasteiger charge is -2.62. The summed E-state index contributed by atoms with van der Waals surface area (Å²) in [6.07, 6.45) is 7.53. The number of rotatable bonds is 0. The number of fused-ring (bicyclic) bond motifs is 5. The molecule has 4 unspecified atom stereocenters. The van der Waals surface area contributed by atoms with Gasteiger partial charge in [-0.25, -0.2) is 0 Å². The zero-order valence-electron chi connectivity index (χ0n) is 15.0. The van der Waals surface area contributed by atoms with Crippen LogP contribution in [0.25, 0.3) is 0 Å². The standard InChI is InChI=1S/C20H34O3/c1-18-8-6-13(21)10-12(18)4-5-14-15-7-9-20(3,23)19(15,2)11-16(22)17(14)18/h12-17,21-23H,4-11H2,1-3H3/t12?,13?,14-,15-,16?,17+,18-,19-,20?/m0/s1. The molecule has 4 saturated carbocycles. The minimum Gasteiger partial charge on any atom is -0.393 e. The highest BCUT2D eigenvalue weighted by molar-refractivity contribution is 5.15. The van der Waals surface area contributed by atoms with E-state index in [1.165, 1.54) is 12.8 Å². The Morgan fingerprint density at radius 2 is 1.65 bits per heavy atom. The Labute approximate surface area is 140 Å². The summed E-state index contributed by atoms with van der Waals surface area (Å²) >= 11 is 0. The Kier molecular flexibility index (Phi) is 3.52. The molecule has 9 atom stereocenters. The second-order valence-corrected chi connectivity index (χ2v) is 10.0. The van der Waals surface area contributed by atoms with Crippen molar-refractivity contribution >= 4 is 0 Å². The zero-order valence-corrected chi connectivity index (χ0v) is 15.0. The Morgan fingerprint density at radius 3 is 2.39 bits per heavy atom. The third-order valence-electron chi connectivity index (χ3n) is 9.13. The van der Waals surface area contributed by atoms with E-state index in [4.69, 9.17) is 0 Å². The highest BCUT2D eigenvalue weighted by Gasteiger charge is 2.65. The van der Waals surface area contributed by atoms with Crippen molar-refractivity contribution in [3.05, 3.63) is 0 Å². The predicted octanol–water partition coefficient (Wildman–Crippen LogP) is 3.11. The molecule has 3 nitrogen and oxygen atoms in total. The lowest BCUT2D eigenvalue weighted by atomic mass is 9.43. The number of aliphatic hydroxyl groups excluding tert-OH is 2. The second-order valence-electron chi connectivity index (χ2n) is 10.0. The summed E-state index contributed by atoms with van der Waals surface area (Å²) < 4.78 is 0. The van der Waals surface area contributed by atoms with E-state index in [9.17, 15) is 15.3 Å². The summed E-state index contributed by atoms with van der Waals surface area (Å²) in [7, 11) is 0. The quantitative estimate of drug-likeness (QED) is 0.642. The molecule has 0 aromatic carbocycles. The first-order valence-electron chi connectivity index (χ1n) is 9.77. The summed E-state index contributed by atoms with van der Waals surface area (Å²) in [5, 5.41) is 32.2. The lowest BCUT2D eigenvalue weighted by Crippen LogP contribution is -2.61. The maximum atomic E-state index is 11.1. The molecule has 0 spiro atoms. The fourth-order valence-electron chi connectivity index (χ4n) is 7.58. The van der Waals surface area contributed by atoms with Crippen LogP contribution >= 0.6 is 0 Å². The molecule has 4 fully saturated rings. The Balaban J connectivity index is 1.69. The van der Waals surface area contributed by atoms with Gasteiger partial charge in [0.15, 0.2) is 0 Å². The zero-order chi connectivity index (χ0) is 16.6. The molecule has 3 N–H and O–H groups in total. The molecular weight excluding hydrogens is 288 g/mol. The minimum atomic E-state index is -0.635. The molecule has 4 aliphatic rings. The van der Waals surface area contributed by atoms with Crippen LogP contribution in [0.3, 0.4) is 0 Å². The maximum absolute atomic E-state index is 11.1. The summed E-state index contributed by atoms with van der Waals surface area (Å²) in [5.74, 6) is 2.03. The van der Waals surface area contributed by atoms with Gasteiger partial charge in [0.25, 0.3) is 0 Å². The largest absolute Gasteiger partial charge is 0.393 e. The molecule has 0 saturated heterocycles. The summed E-state index contributed by atoms with van der Waals surface area (Å²) in [6, 6.07) is 0. The molecule has 0 heterocycles. The molecular formula is C20H34O3. The van der Waals surface area contributed by atoms with Crippen LogP contribution in [-0.2, 0) is 0 Å². The van der Waals surface area contributed by atoms with Crippen LogP contribution in [0, 0.1) is 34.5 Å². The molecule has 23 heavy (non-hydrogen) atoms. The van der Waals surface area contributed by atoms with Gasteiger partial charge in [-0.3, -0.25) is 0 Å². The van der Waals surface area contributed by atoms with Gasteiger partial charge in [0.2, 0.25) is 0 Å². The summed E-state index contributed by atoms with van der Waals surface area (Å²) in [6.45, 7) is 6.60.